The van der Waals surface area contributed by atoms with Crippen molar-refractivity contribution in [1.29, 1.82) is 0 Å². The quantitative estimate of drug-likeness (QED) is 0.196. The minimum absolute atomic E-state index is 0.0825. The molecule has 0 aromatic heterocycles. The number of nitrogens with zero attached hydrogens (tertiary/aromatic N) is 1. The van der Waals surface area contributed by atoms with Crippen molar-refractivity contribution in [2.45, 2.75) is 33.7 Å². The van der Waals surface area contributed by atoms with Gasteiger partial charge in [-0.3, -0.25) is 14.5 Å². The summed E-state index contributed by atoms with van der Waals surface area (Å²) >= 11 is 6.37. The molecule has 3 aromatic rings. The van der Waals surface area contributed by atoms with Crippen LogP contribution < -0.4 is 14.4 Å². The Labute approximate surface area is 226 Å². The zero-order chi connectivity index (χ0) is 27.6. The number of phenolic OH excluding ortho intramolecular Hbond substituents is 1. The summed E-state index contributed by atoms with van der Waals surface area (Å²) in [5.41, 5.74) is 1.91. The lowest BCUT2D eigenvalue weighted by Gasteiger charge is -2.26. The Bertz CT molecular complexity index is 1410. The van der Waals surface area contributed by atoms with Gasteiger partial charge in [-0.1, -0.05) is 49.7 Å². The van der Waals surface area contributed by atoms with E-state index in [9.17, 15) is 19.8 Å². The van der Waals surface area contributed by atoms with Crippen molar-refractivity contribution >= 4 is 34.7 Å². The highest BCUT2D eigenvalue weighted by Gasteiger charge is 2.47. The van der Waals surface area contributed by atoms with Crippen LogP contribution in [0.25, 0.3) is 5.76 Å². The lowest BCUT2D eigenvalue weighted by atomic mass is 9.94. The third-order valence-corrected chi connectivity index (χ3v) is 6.58. The number of benzene rings is 3. The fraction of sp³-hybridized carbons (Fsp3) is 0.267. The second-order valence-electron chi connectivity index (χ2n) is 9.50. The summed E-state index contributed by atoms with van der Waals surface area (Å²) in [6.07, 6.45) is 0. The first-order chi connectivity index (χ1) is 18.1. The number of ketones is 1. The van der Waals surface area contributed by atoms with Crippen LogP contribution in [0.15, 0.2) is 66.2 Å². The van der Waals surface area contributed by atoms with Crippen LogP contribution in [0.2, 0.25) is 5.02 Å². The third kappa shape index (κ3) is 5.34. The van der Waals surface area contributed by atoms with Crippen molar-refractivity contribution in [2.75, 3.05) is 18.1 Å². The average Bonchev–Trinajstić information content (AvgIpc) is 3.16. The van der Waals surface area contributed by atoms with Crippen LogP contribution in [0, 0.1) is 12.8 Å². The molecule has 7 nitrogen and oxygen atoms in total. The average molecular weight is 536 g/mol. The molecule has 38 heavy (non-hydrogen) atoms. The Balaban J connectivity index is 1.91. The molecule has 0 bridgehead atoms. The molecule has 1 fully saturated rings. The fourth-order valence-electron chi connectivity index (χ4n) is 4.27. The van der Waals surface area contributed by atoms with Crippen molar-refractivity contribution in [3.05, 3.63) is 87.9 Å². The van der Waals surface area contributed by atoms with Crippen molar-refractivity contribution < 1.29 is 29.3 Å². The molecule has 198 valence electrons. The number of phenols is 1. The number of rotatable bonds is 8. The van der Waals surface area contributed by atoms with E-state index in [0.717, 1.165) is 5.56 Å². The highest BCUT2D eigenvalue weighted by Crippen LogP contribution is 2.44. The summed E-state index contributed by atoms with van der Waals surface area (Å²) in [7, 11) is 0. The minimum Gasteiger partial charge on any atom is -0.507 e. The van der Waals surface area contributed by atoms with Gasteiger partial charge in [0.05, 0.1) is 24.8 Å². The maximum absolute atomic E-state index is 13.5. The Morgan fingerprint density at radius 3 is 2.50 bits per heavy atom. The molecule has 2 N–H and O–H groups in total. The summed E-state index contributed by atoms with van der Waals surface area (Å²) in [5.74, 6) is -1.05. The van der Waals surface area contributed by atoms with Gasteiger partial charge in [0.1, 0.15) is 11.5 Å². The first-order valence-electron chi connectivity index (χ1n) is 12.4. The van der Waals surface area contributed by atoms with E-state index in [2.05, 4.69) is 0 Å². The Morgan fingerprint density at radius 2 is 1.82 bits per heavy atom. The summed E-state index contributed by atoms with van der Waals surface area (Å²) < 4.78 is 11.4. The van der Waals surface area contributed by atoms with E-state index in [1.165, 1.54) is 11.0 Å². The predicted octanol–water partition coefficient (Wildman–Crippen LogP) is 6.41. The van der Waals surface area contributed by atoms with Gasteiger partial charge in [0.2, 0.25) is 0 Å². The Kier molecular flexibility index (Phi) is 7.97. The smallest absolute Gasteiger partial charge is 0.300 e. The normalized spacial score (nSPS) is 16.8. The fourth-order valence-corrected chi connectivity index (χ4v) is 4.44. The van der Waals surface area contributed by atoms with E-state index < -0.39 is 17.7 Å². The number of carbonyl (C=O) groups excluding carboxylic acids is 2. The molecule has 0 radical (unpaired) electrons. The number of aromatic hydroxyl groups is 1. The topological polar surface area (TPSA) is 96.3 Å². The number of aryl methyl sites for hydroxylation is 1. The number of amides is 1. The molecule has 8 heteroatoms. The van der Waals surface area contributed by atoms with Gasteiger partial charge < -0.3 is 19.7 Å². The van der Waals surface area contributed by atoms with Gasteiger partial charge in [0.15, 0.2) is 11.5 Å². The zero-order valence-corrected chi connectivity index (χ0v) is 22.5. The van der Waals surface area contributed by atoms with Gasteiger partial charge in [0.25, 0.3) is 11.7 Å². The van der Waals surface area contributed by atoms with Gasteiger partial charge in [-0.15, -0.1) is 0 Å². The maximum atomic E-state index is 13.5. The molecule has 1 aliphatic heterocycles. The second-order valence-corrected chi connectivity index (χ2v) is 9.90. The molecule has 1 atom stereocenters. The number of halogens is 1. The van der Waals surface area contributed by atoms with E-state index in [1.54, 1.807) is 61.5 Å². The Hall–Kier alpha value is -3.97. The number of ether oxygens (including phenoxy) is 2. The molecule has 1 saturated heterocycles. The van der Waals surface area contributed by atoms with Gasteiger partial charge in [0, 0.05) is 16.3 Å². The molecule has 0 saturated carbocycles. The van der Waals surface area contributed by atoms with Crippen LogP contribution in [-0.2, 0) is 9.59 Å². The van der Waals surface area contributed by atoms with Crippen LogP contribution in [0.4, 0.5) is 5.69 Å². The van der Waals surface area contributed by atoms with E-state index in [0.29, 0.717) is 46.7 Å². The molecule has 1 heterocycles. The predicted molar refractivity (Wildman–Crippen MR) is 147 cm³/mol. The van der Waals surface area contributed by atoms with Crippen LogP contribution in [-0.4, -0.2) is 35.1 Å². The van der Waals surface area contributed by atoms with E-state index in [4.69, 9.17) is 21.1 Å². The van der Waals surface area contributed by atoms with E-state index in [1.807, 2.05) is 20.8 Å². The van der Waals surface area contributed by atoms with Crippen molar-refractivity contribution in [2.24, 2.45) is 5.92 Å². The number of hydrogen-bond acceptors (Lipinski definition) is 6. The lowest BCUT2D eigenvalue weighted by Crippen LogP contribution is -2.29. The van der Waals surface area contributed by atoms with E-state index in [-0.39, 0.29) is 22.8 Å². The van der Waals surface area contributed by atoms with Crippen molar-refractivity contribution in [3.63, 3.8) is 0 Å². The first-order valence-corrected chi connectivity index (χ1v) is 12.8. The molecule has 1 unspecified atom stereocenters. The molecule has 0 aliphatic carbocycles. The van der Waals surface area contributed by atoms with Gasteiger partial charge in [-0.25, -0.2) is 0 Å². The number of aliphatic hydroxyl groups excluding tert-OH is 1. The number of aliphatic hydroxyl groups is 1. The third-order valence-electron chi connectivity index (χ3n) is 6.17. The van der Waals surface area contributed by atoms with Gasteiger partial charge in [-0.05, 0) is 67.3 Å². The highest BCUT2D eigenvalue weighted by molar-refractivity contribution is 6.51. The van der Waals surface area contributed by atoms with Crippen LogP contribution in [0.5, 0.6) is 17.2 Å². The largest absolute Gasteiger partial charge is 0.507 e. The number of Topliss-reactive ketones (excluding diaryl/α,β-unsaturated/α-hetero) is 1. The summed E-state index contributed by atoms with van der Waals surface area (Å²) in [6, 6.07) is 15.4. The molecule has 3 aromatic carbocycles. The number of carbonyl (C=O) groups is 2. The zero-order valence-electron chi connectivity index (χ0n) is 21.7. The summed E-state index contributed by atoms with van der Waals surface area (Å²) in [6.45, 7) is 8.44. The van der Waals surface area contributed by atoms with Gasteiger partial charge >= 0.3 is 0 Å². The first kappa shape index (κ1) is 27.1. The summed E-state index contributed by atoms with van der Waals surface area (Å²) in [4.78, 5) is 28.2. The molecular formula is C30H30ClNO6. The maximum Gasteiger partial charge on any atom is 0.300 e. The minimum atomic E-state index is -1.01. The Morgan fingerprint density at radius 1 is 1.05 bits per heavy atom. The van der Waals surface area contributed by atoms with Crippen molar-refractivity contribution in [3.8, 4) is 17.2 Å². The van der Waals surface area contributed by atoms with Crippen molar-refractivity contribution in [1.82, 2.24) is 0 Å². The SMILES string of the molecule is CCOc1cc(C2/C(=C(\O)c3cccc(OCC(C)C)c3)C(=O)C(=O)N2c2ccc(C)c(Cl)c2)ccc1O. The molecule has 4 rings (SSSR count). The molecule has 1 amide bonds. The van der Waals surface area contributed by atoms with Crippen LogP contribution >= 0.6 is 11.6 Å². The molecule has 0 spiro atoms. The number of anilines is 1. The lowest BCUT2D eigenvalue weighted by molar-refractivity contribution is -0.132. The molecular weight excluding hydrogens is 506 g/mol. The standard InChI is InChI=1S/C30H30ClNO6/c1-5-37-25-14-19(10-12-24(25)33)27-26(28(34)20-7-6-8-22(13-20)38-16-17(2)3)29(35)30(36)32(27)21-11-9-18(4)23(31)15-21/h6-15,17,27,33-34H,5,16H2,1-4H3/b28-26+. The number of hydrogen-bond donors (Lipinski definition) is 2. The summed E-state index contributed by atoms with van der Waals surface area (Å²) in [5, 5.41) is 22.2. The van der Waals surface area contributed by atoms with Crippen LogP contribution in [0.3, 0.4) is 0 Å². The van der Waals surface area contributed by atoms with E-state index >= 15 is 0 Å². The van der Waals surface area contributed by atoms with Gasteiger partial charge in [-0.2, -0.15) is 0 Å². The highest BCUT2D eigenvalue weighted by atomic mass is 35.5. The van der Waals surface area contributed by atoms with Crippen LogP contribution in [0.1, 0.15) is 43.5 Å². The molecule has 1 aliphatic rings. The second kappa shape index (κ2) is 11.2. The monoisotopic (exact) mass is 535 g/mol.